The van der Waals surface area contributed by atoms with Crippen molar-refractivity contribution in [1.82, 2.24) is 0 Å². The third-order valence-corrected chi connectivity index (χ3v) is 4.02. The first-order chi connectivity index (χ1) is 9.63. The lowest BCUT2D eigenvalue weighted by Crippen LogP contribution is -2.27. The fraction of sp³-hybridized carbons (Fsp3) is 0.571. The van der Waals surface area contributed by atoms with E-state index in [-0.39, 0.29) is 10.6 Å². The highest BCUT2D eigenvalue weighted by Crippen LogP contribution is 2.35. The van der Waals surface area contributed by atoms with Gasteiger partial charge in [0.1, 0.15) is 11.4 Å². The molecule has 0 atom stereocenters. The quantitative estimate of drug-likeness (QED) is 0.491. The van der Waals surface area contributed by atoms with Crippen molar-refractivity contribution in [3.63, 3.8) is 0 Å². The van der Waals surface area contributed by atoms with E-state index in [1.165, 1.54) is 32.1 Å². The van der Waals surface area contributed by atoms with Crippen LogP contribution < -0.4 is 16.2 Å². The summed E-state index contributed by atoms with van der Waals surface area (Å²) in [6, 6.07) is 5.19. The Morgan fingerprint density at radius 2 is 2.10 bits per heavy atom. The lowest BCUT2D eigenvalue weighted by Gasteiger charge is -2.28. The van der Waals surface area contributed by atoms with Crippen LogP contribution >= 0.6 is 0 Å². The van der Waals surface area contributed by atoms with Gasteiger partial charge in [-0.2, -0.15) is 0 Å². The van der Waals surface area contributed by atoms with Gasteiger partial charge in [-0.15, -0.1) is 0 Å². The van der Waals surface area contributed by atoms with E-state index in [1.807, 2.05) is 11.9 Å². The Morgan fingerprint density at radius 1 is 1.40 bits per heavy atom. The van der Waals surface area contributed by atoms with Crippen molar-refractivity contribution in [2.24, 2.45) is 11.8 Å². The molecule has 1 aromatic rings. The number of hydrogen-bond donors (Lipinski definition) is 2. The van der Waals surface area contributed by atoms with Crippen molar-refractivity contribution in [2.45, 2.75) is 32.1 Å². The summed E-state index contributed by atoms with van der Waals surface area (Å²) in [6.45, 7) is 0.856. The monoisotopic (exact) mass is 278 g/mol. The molecule has 6 nitrogen and oxygen atoms in total. The van der Waals surface area contributed by atoms with Gasteiger partial charge in [0, 0.05) is 13.6 Å². The Bertz CT molecular complexity index is 472. The van der Waals surface area contributed by atoms with Crippen LogP contribution in [0.4, 0.5) is 17.1 Å². The van der Waals surface area contributed by atoms with Gasteiger partial charge in [-0.05, 0) is 30.9 Å². The average molecular weight is 278 g/mol. The molecule has 0 bridgehead atoms. The summed E-state index contributed by atoms with van der Waals surface area (Å²) < 4.78 is 0. The average Bonchev–Trinajstić information content (AvgIpc) is 2.47. The Kier molecular flexibility index (Phi) is 4.79. The fourth-order valence-electron chi connectivity index (χ4n) is 3.00. The Hall–Kier alpha value is -1.82. The van der Waals surface area contributed by atoms with Crippen molar-refractivity contribution < 1.29 is 4.92 Å². The molecule has 1 saturated carbocycles. The number of rotatable bonds is 5. The second-order valence-corrected chi connectivity index (χ2v) is 5.46. The molecule has 1 aliphatic carbocycles. The number of hydrogen-bond acceptors (Lipinski definition) is 5. The second kappa shape index (κ2) is 6.56. The zero-order valence-corrected chi connectivity index (χ0v) is 11.8. The Morgan fingerprint density at radius 3 is 2.70 bits per heavy atom. The molecule has 2 rings (SSSR count). The molecule has 0 saturated heterocycles. The van der Waals surface area contributed by atoms with E-state index in [0.717, 1.165) is 6.54 Å². The molecular weight excluding hydrogens is 256 g/mol. The van der Waals surface area contributed by atoms with Crippen molar-refractivity contribution >= 4 is 17.1 Å². The van der Waals surface area contributed by atoms with Crippen LogP contribution in [0.25, 0.3) is 0 Å². The standard InChI is InChI=1S/C14H22N4O2/c1-17(10-11-6-3-2-4-7-11)13-9-5-8-12(16-15)14(13)18(19)20/h5,8-9,11,16H,2-4,6-7,10,15H2,1H3. The van der Waals surface area contributed by atoms with E-state index in [1.54, 1.807) is 18.2 Å². The zero-order valence-electron chi connectivity index (χ0n) is 11.8. The molecule has 1 aromatic carbocycles. The lowest BCUT2D eigenvalue weighted by atomic mass is 9.89. The van der Waals surface area contributed by atoms with Crippen LogP contribution in [0.2, 0.25) is 0 Å². The molecule has 20 heavy (non-hydrogen) atoms. The first-order valence-corrected chi connectivity index (χ1v) is 7.08. The van der Waals surface area contributed by atoms with Gasteiger partial charge >= 0.3 is 5.69 Å². The van der Waals surface area contributed by atoms with Crippen LogP contribution in [-0.2, 0) is 0 Å². The predicted octanol–water partition coefficient (Wildman–Crippen LogP) is 2.90. The minimum absolute atomic E-state index is 0.0494. The van der Waals surface area contributed by atoms with Gasteiger partial charge in [-0.25, -0.2) is 0 Å². The van der Waals surface area contributed by atoms with Gasteiger partial charge in [0.25, 0.3) is 0 Å². The molecule has 0 spiro atoms. The first-order valence-electron chi connectivity index (χ1n) is 7.08. The van der Waals surface area contributed by atoms with Crippen LogP contribution in [0.5, 0.6) is 0 Å². The third kappa shape index (κ3) is 3.19. The predicted molar refractivity (Wildman–Crippen MR) is 80.8 cm³/mol. The number of nitrogens with two attached hydrogens (primary N) is 1. The van der Waals surface area contributed by atoms with E-state index >= 15 is 0 Å². The van der Waals surface area contributed by atoms with Crippen LogP contribution in [0, 0.1) is 16.0 Å². The molecule has 0 unspecified atom stereocenters. The normalized spacial score (nSPS) is 15.9. The molecule has 110 valence electrons. The van der Waals surface area contributed by atoms with Crippen molar-refractivity contribution in [3.05, 3.63) is 28.3 Å². The van der Waals surface area contributed by atoms with Crippen molar-refractivity contribution in [2.75, 3.05) is 23.9 Å². The number of benzene rings is 1. The minimum Gasteiger partial charge on any atom is -0.369 e. The van der Waals surface area contributed by atoms with Crippen LogP contribution in [0.15, 0.2) is 18.2 Å². The Balaban J connectivity index is 2.19. The van der Waals surface area contributed by atoms with Crippen molar-refractivity contribution in [3.8, 4) is 0 Å². The zero-order chi connectivity index (χ0) is 14.5. The lowest BCUT2D eigenvalue weighted by molar-refractivity contribution is -0.383. The number of nitro benzene ring substituents is 1. The minimum atomic E-state index is -0.373. The highest BCUT2D eigenvalue weighted by molar-refractivity contribution is 5.76. The molecular formula is C14H22N4O2. The van der Waals surface area contributed by atoms with Crippen LogP contribution in [0.1, 0.15) is 32.1 Å². The maximum absolute atomic E-state index is 11.3. The van der Waals surface area contributed by atoms with E-state index in [2.05, 4.69) is 5.43 Å². The highest BCUT2D eigenvalue weighted by atomic mass is 16.6. The molecule has 6 heteroatoms. The SMILES string of the molecule is CN(CC1CCCCC1)c1cccc(NN)c1[N+](=O)[O-]. The molecule has 0 aromatic heterocycles. The highest BCUT2D eigenvalue weighted by Gasteiger charge is 2.24. The van der Waals surface area contributed by atoms with Crippen LogP contribution in [-0.4, -0.2) is 18.5 Å². The summed E-state index contributed by atoms with van der Waals surface area (Å²) >= 11 is 0. The summed E-state index contributed by atoms with van der Waals surface area (Å²) in [6.07, 6.45) is 6.28. The summed E-state index contributed by atoms with van der Waals surface area (Å²) in [5, 5.41) is 11.3. The summed E-state index contributed by atoms with van der Waals surface area (Å²) in [5.74, 6) is 6.00. The molecule has 1 fully saturated rings. The fourth-order valence-corrected chi connectivity index (χ4v) is 3.00. The number of nitrogens with zero attached hydrogens (tertiary/aromatic N) is 2. The number of nitrogens with one attached hydrogen (secondary N) is 1. The Labute approximate surface area is 119 Å². The van der Waals surface area contributed by atoms with Gasteiger partial charge in [-0.1, -0.05) is 25.3 Å². The van der Waals surface area contributed by atoms with Gasteiger partial charge in [0.2, 0.25) is 0 Å². The van der Waals surface area contributed by atoms with E-state index < -0.39 is 0 Å². The van der Waals surface area contributed by atoms with Gasteiger partial charge in [-0.3, -0.25) is 16.0 Å². The smallest absolute Gasteiger partial charge is 0.316 e. The maximum Gasteiger partial charge on any atom is 0.316 e. The molecule has 1 aliphatic rings. The number of hydrazine groups is 1. The number of anilines is 2. The largest absolute Gasteiger partial charge is 0.369 e. The maximum atomic E-state index is 11.3. The second-order valence-electron chi connectivity index (χ2n) is 5.46. The molecule has 0 amide bonds. The van der Waals surface area contributed by atoms with Gasteiger partial charge < -0.3 is 10.3 Å². The summed E-state index contributed by atoms with van der Waals surface area (Å²) in [5.41, 5.74) is 3.43. The van der Waals surface area contributed by atoms with E-state index in [4.69, 9.17) is 5.84 Å². The van der Waals surface area contributed by atoms with E-state index in [9.17, 15) is 10.1 Å². The topological polar surface area (TPSA) is 84.4 Å². The number of nitro groups is 1. The summed E-state index contributed by atoms with van der Waals surface area (Å²) in [4.78, 5) is 12.9. The van der Waals surface area contributed by atoms with Crippen LogP contribution in [0.3, 0.4) is 0 Å². The summed E-state index contributed by atoms with van der Waals surface area (Å²) in [7, 11) is 1.91. The molecule has 3 N–H and O–H groups in total. The third-order valence-electron chi connectivity index (χ3n) is 4.02. The molecule has 0 aliphatic heterocycles. The van der Waals surface area contributed by atoms with Crippen molar-refractivity contribution in [1.29, 1.82) is 0 Å². The van der Waals surface area contributed by atoms with Gasteiger partial charge in [0.15, 0.2) is 0 Å². The molecule has 0 heterocycles. The van der Waals surface area contributed by atoms with Gasteiger partial charge in [0.05, 0.1) is 4.92 Å². The number of para-hydroxylation sites is 1. The number of nitrogen functional groups attached to an aromatic ring is 1. The first kappa shape index (κ1) is 14.6. The van der Waals surface area contributed by atoms with E-state index in [0.29, 0.717) is 17.3 Å². The molecule has 0 radical (unpaired) electrons.